The largest absolute Gasteiger partial charge is 0.410 e. The van der Waals surface area contributed by atoms with Gasteiger partial charge in [0.15, 0.2) is 10.1 Å². The van der Waals surface area contributed by atoms with Gasteiger partial charge in [0, 0.05) is 13.1 Å². The van der Waals surface area contributed by atoms with Crippen molar-refractivity contribution in [3.63, 3.8) is 0 Å². The fourth-order valence-electron chi connectivity index (χ4n) is 0.667. The van der Waals surface area contributed by atoms with Gasteiger partial charge in [-0.05, 0) is 13.8 Å². The molecule has 0 atom stereocenters. The Morgan fingerprint density at radius 2 is 2.00 bits per heavy atom. The molecule has 0 saturated carbocycles. The van der Waals surface area contributed by atoms with E-state index in [0.717, 1.165) is 10.1 Å². The van der Waals surface area contributed by atoms with Crippen LogP contribution in [0.4, 0.5) is 0 Å². The van der Waals surface area contributed by atoms with E-state index in [4.69, 9.17) is 5.21 Å². The normalized spacial score (nSPS) is 23.4. The highest BCUT2D eigenvalue weighted by molar-refractivity contribution is 8.38. The molecular weight excluding hydrogens is 206 g/mol. The lowest BCUT2D eigenvalue weighted by Crippen LogP contribution is -2.22. The highest BCUT2D eigenvalue weighted by atomic mass is 32.2. The second-order valence-electron chi connectivity index (χ2n) is 2.88. The van der Waals surface area contributed by atoms with E-state index in [1.165, 1.54) is 11.8 Å². The van der Waals surface area contributed by atoms with Crippen molar-refractivity contribution in [2.75, 3.05) is 12.1 Å². The zero-order chi connectivity index (χ0) is 9.84. The molecule has 0 aromatic rings. The summed E-state index contributed by atoms with van der Waals surface area (Å²) in [6.07, 6.45) is 0. The summed E-state index contributed by atoms with van der Waals surface area (Å²) < 4.78 is 0. The minimum Gasteiger partial charge on any atom is -0.410 e. The summed E-state index contributed by atoms with van der Waals surface area (Å²) >= 11 is 3.11. The summed E-state index contributed by atoms with van der Waals surface area (Å²) in [5.74, 6) is 0. The van der Waals surface area contributed by atoms with Crippen LogP contribution in [0.2, 0.25) is 0 Å². The van der Waals surface area contributed by atoms with Crippen molar-refractivity contribution >= 4 is 33.6 Å². The summed E-state index contributed by atoms with van der Waals surface area (Å²) in [5, 5.41) is 20.3. The third-order valence-corrected chi connectivity index (χ3v) is 3.83. The molecule has 0 bridgehead atoms. The Morgan fingerprint density at radius 1 is 1.38 bits per heavy atom. The van der Waals surface area contributed by atoms with E-state index in [0.29, 0.717) is 11.1 Å². The van der Waals surface area contributed by atoms with Crippen LogP contribution in [0.25, 0.3) is 0 Å². The van der Waals surface area contributed by atoms with Gasteiger partial charge in [-0.3, -0.25) is 5.01 Å². The van der Waals surface area contributed by atoms with Gasteiger partial charge in [0.2, 0.25) is 0 Å². The third kappa shape index (κ3) is 2.80. The van der Waals surface area contributed by atoms with Crippen LogP contribution in [0.1, 0.15) is 13.8 Å². The van der Waals surface area contributed by atoms with Crippen molar-refractivity contribution in [1.82, 2.24) is 5.01 Å². The first-order valence-electron chi connectivity index (χ1n) is 3.94. The average Bonchev–Trinajstić information content (AvgIpc) is 2.51. The van der Waals surface area contributed by atoms with Gasteiger partial charge in [-0.2, -0.15) is 5.10 Å². The number of thioether (sulfide) groups is 2. The van der Waals surface area contributed by atoms with Crippen LogP contribution in [0.5, 0.6) is 0 Å². The minimum absolute atomic E-state index is 0.360. The molecule has 1 aliphatic rings. The Morgan fingerprint density at radius 3 is 2.54 bits per heavy atom. The van der Waals surface area contributed by atoms with Gasteiger partial charge in [-0.15, -0.1) is 0 Å². The zero-order valence-corrected chi connectivity index (χ0v) is 9.52. The lowest BCUT2D eigenvalue weighted by molar-refractivity contribution is 0.290. The van der Waals surface area contributed by atoms with Gasteiger partial charge in [0.25, 0.3) is 0 Å². The second-order valence-corrected chi connectivity index (χ2v) is 5.18. The molecule has 1 fully saturated rings. The maximum absolute atomic E-state index is 8.64. The zero-order valence-electron chi connectivity index (χ0n) is 7.89. The molecule has 4 nitrogen and oxygen atoms in total. The van der Waals surface area contributed by atoms with Crippen LogP contribution >= 0.6 is 23.5 Å². The minimum atomic E-state index is 0.360. The maximum Gasteiger partial charge on any atom is 0.170 e. The number of hydrogen-bond acceptors (Lipinski definition) is 6. The maximum atomic E-state index is 8.64. The fourth-order valence-corrected chi connectivity index (χ4v) is 2.72. The predicted octanol–water partition coefficient (Wildman–Crippen LogP) is 1.87. The van der Waals surface area contributed by atoms with Crippen molar-refractivity contribution < 1.29 is 5.21 Å². The van der Waals surface area contributed by atoms with E-state index in [9.17, 15) is 0 Å². The van der Waals surface area contributed by atoms with Gasteiger partial charge in [0.05, 0.1) is 5.08 Å². The molecule has 0 aromatic carbocycles. The monoisotopic (exact) mass is 219 g/mol. The molecule has 6 heteroatoms. The molecule has 0 aromatic heterocycles. The standard InChI is InChI=1S/C7H13N3OS2/c1-5(2)10(3)8-6-7(9-11)13-4-12-6/h5,11H,4H2,1-3H3/b8-6-,9-7-. The summed E-state index contributed by atoms with van der Waals surface area (Å²) in [6.45, 7) is 4.12. The van der Waals surface area contributed by atoms with Crippen molar-refractivity contribution in [3.8, 4) is 0 Å². The first-order valence-corrected chi connectivity index (χ1v) is 5.91. The average molecular weight is 219 g/mol. The molecule has 1 heterocycles. The molecule has 1 saturated heterocycles. The van der Waals surface area contributed by atoms with E-state index in [2.05, 4.69) is 24.1 Å². The Bertz CT molecular complexity index is 240. The number of rotatable bonds is 2. The Balaban J connectivity index is 2.70. The third-order valence-electron chi connectivity index (χ3n) is 1.66. The van der Waals surface area contributed by atoms with Crippen LogP contribution < -0.4 is 0 Å². The molecule has 0 spiro atoms. The van der Waals surface area contributed by atoms with Crippen LogP contribution in [0.3, 0.4) is 0 Å². The molecule has 1 N–H and O–H groups in total. The van der Waals surface area contributed by atoms with Crippen molar-refractivity contribution in [2.24, 2.45) is 10.3 Å². The summed E-state index contributed by atoms with van der Waals surface area (Å²) in [6, 6.07) is 0.360. The summed E-state index contributed by atoms with van der Waals surface area (Å²) in [4.78, 5) is 0. The molecule has 0 radical (unpaired) electrons. The predicted molar refractivity (Wildman–Crippen MR) is 59.6 cm³/mol. The fraction of sp³-hybridized carbons (Fsp3) is 0.714. The van der Waals surface area contributed by atoms with Gasteiger partial charge in [-0.25, -0.2) is 0 Å². The molecule has 1 rings (SSSR count). The van der Waals surface area contributed by atoms with E-state index >= 15 is 0 Å². The van der Waals surface area contributed by atoms with Crippen molar-refractivity contribution in [1.29, 1.82) is 0 Å². The van der Waals surface area contributed by atoms with Crippen molar-refractivity contribution in [3.05, 3.63) is 0 Å². The molecule has 0 unspecified atom stereocenters. The number of hydrogen-bond donors (Lipinski definition) is 1. The van der Waals surface area contributed by atoms with Crippen LogP contribution in [-0.4, -0.2) is 38.5 Å². The van der Waals surface area contributed by atoms with Crippen LogP contribution in [-0.2, 0) is 0 Å². The first kappa shape index (κ1) is 10.7. The molecular formula is C7H13N3OS2. The highest BCUT2D eigenvalue weighted by Gasteiger charge is 2.20. The second kappa shape index (κ2) is 4.76. The van der Waals surface area contributed by atoms with E-state index in [1.54, 1.807) is 11.8 Å². The van der Waals surface area contributed by atoms with Gasteiger partial charge >= 0.3 is 0 Å². The van der Waals surface area contributed by atoms with E-state index in [-0.39, 0.29) is 0 Å². The van der Waals surface area contributed by atoms with E-state index < -0.39 is 0 Å². The number of nitrogens with zero attached hydrogens (tertiary/aromatic N) is 3. The van der Waals surface area contributed by atoms with Crippen LogP contribution in [0.15, 0.2) is 10.3 Å². The lowest BCUT2D eigenvalue weighted by Gasteiger charge is -2.17. The smallest absolute Gasteiger partial charge is 0.170 e. The summed E-state index contributed by atoms with van der Waals surface area (Å²) in [7, 11) is 1.91. The molecule has 1 aliphatic heterocycles. The molecule has 13 heavy (non-hydrogen) atoms. The highest BCUT2D eigenvalue weighted by Crippen LogP contribution is 2.28. The topological polar surface area (TPSA) is 48.2 Å². The molecule has 0 aliphatic carbocycles. The Hall–Kier alpha value is -0.360. The molecule has 0 amide bonds. The van der Waals surface area contributed by atoms with Crippen LogP contribution in [0, 0.1) is 0 Å². The van der Waals surface area contributed by atoms with Gasteiger partial charge < -0.3 is 5.21 Å². The van der Waals surface area contributed by atoms with E-state index in [1.807, 2.05) is 12.1 Å². The number of hydrazone groups is 1. The van der Waals surface area contributed by atoms with Gasteiger partial charge in [0.1, 0.15) is 0 Å². The lowest BCUT2D eigenvalue weighted by atomic mass is 10.4. The number of oxime groups is 1. The summed E-state index contributed by atoms with van der Waals surface area (Å²) in [5.41, 5.74) is 0. The first-order chi connectivity index (χ1) is 6.15. The SMILES string of the molecule is CC(C)N(C)/N=C1\SCS\C1=N/O. The Kier molecular flexibility index (Phi) is 3.92. The van der Waals surface area contributed by atoms with Crippen molar-refractivity contribution in [2.45, 2.75) is 19.9 Å². The quantitative estimate of drug-likeness (QED) is 0.569. The molecule has 74 valence electrons. The Labute approximate surface area is 86.4 Å². The van der Waals surface area contributed by atoms with Gasteiger partial charge in [-0.1, -0.05) is 28.7 Å².